The van der Waals surface area contributed by atoms with Gasteiger partial charge in [-0.25, -0.2) is 0 Å². The lowest BCUT2D eigenvalue weighted by molar-refractivity contribution is -0.132. The maximum absolute atomic E-state index is 12.0. The monoisotopic (exact) mass is 260 g/mol. The van der Waals surface area contributed by atoms with Gasteiger partial charge in [0.1, 0.15) is 5.75 Å². The van der Waals surface area contributed by atoms with Gasteiger partial charge in [0, 0.05) is 19.1 Å². The highest BCUT2D eigenvalue weighted by atomic mass is 16.5. The zero-order valence-corrected chi connectivity index (χ0v) is 11.1. The zero-order chi connectivity index (χ0) is 13.2. The summed E-state index contributed by atoms with van der Waals surface area (Å²) >= 11 is 0. The Hall–Kier alpha value is -1.55. The molecule has 3 rings (SSSR count). The molecule has 1 aliphatic carbocycles. The van der Waals surface area contributed by atoms with Crippen LogP contribution in [0.2, 0.25) is 0 Å². The fourth-order valence-electron chi connectivity index (χ4n) is 2.99. The molecule has 19 heavy (non-hydrogen) atoms. The molecule has 0 saturated carbocycles. The predicted molar refractivity (Wildman–Crippen MR) is 73.0 cm³/mol. The van der Waals surface area contributed by atoms with E-state index in [1.165, 1.54) is 11.1 Å². The van der Waals surface area contributed by atoms with Crippen LogP contribution >= 0.6 is 0 Å². The van der Waals surface area contributed by atoms with Crippen molar-refractivity contribution in [3.05, 3.63) is 29.3 Å². The van der Waals surface area contributed by atoms with E-state index in [9.17, 15) is 4.79 Å². The van der Waals surface area contributed by atoms with Crippen molar-refractivity contribution >= 4 is 5.91 Å². The second kappa shape index (κ2) is 5.21. The first-order chi connectivity index (χ1) is 9.25. The third-order valence-corrected chi connectivity index (χ3v) is 4.08. The molecule has 0 aromatic heterocycles. The molecule has 1 fully saturated rings. The number of carbonyl (C=O) groups excluding carboxylic acids is 1. The number of fused-ring (bicyclic) bond motifs is 1. The summed E-state index contributed by atoms with van der Waals surface area (Å²) in [5.74, 6) is 0.926. The second-order valence-corrected chi connectivity index (χ2v) is 5.35. The van der Waals surface area contributed by atoms with E-state index in [1.54, 1.807) is 0 Å². The number of amides is 1. The van der Waals surface area contributed by atoms with Crippen LogP contribution in [0, 0.1) is 0 Å². The highest BCUT2D eigenvalue weighted by Gasteiger charge is 2.23. The number of nitrogens with two attached hydrogens (primary N) is 1. The summed E-state index contributed by atoms with van der Waals surface area (Å²) in [5, 5.41) is 0. The molecule has 1 unspecified atom stereocenters. The summed E-state index contributed by atoms with van der Waals surface area (Å²) in [6.07, 6.45) is 4.14. The number of hydrogen-bond acceptors (Lipinski definition) is 3. The van der Waals surface area contributed by atoms with Gasteiger partial charge in [0.25, 0.3) is 5.91 Å². The van der Waals surface area contributed by atoms with Gasteiger partial charge in [-0.3, -0.25) is 4.79 Å². The smallest absolute Gasteiger partial charge is 0.260 e. The van der Waals surface area contributed by atoms with Crippen molar-refractivity contribution < 1.29 is 9.53 Å². The molecule has 1 aromatic rings. The Bertz CT molecular complexity index is 481. The van der Waals surface area contributed by atoms with Gasteiger partial charge < -0.3 is 15.4 Å². The molecule has 1 amide bonds. The van der Waals surface area contributed by atoms with Gasteiger partial charge in [-0.15, -0.1) is 0 Å². The van der Waals surface area contributed by atoms with Gasteiger partial charge in [-0.1, -0.05) is 12.1 Å². The summed E-state index contributed by atoms with van der Waals surface area (Å²) in [6, 6.07) is 6.07. The van der Waals surface area contributed by atoms with Crippen LogP contribution in [0.25, 0.3) is 0 Å². The van der Waals surface area contributed by atoms with E-state index in [0.29, 0.717) is 0 Å². The fourth-order valence-corrected chi connectivity index (χ4v) is 2.99. The maximum atomic E-state index is 12.0. The first-order valence-electron chi connectivity index (χ1n) is 7.03. The number of likely N-dealkylation sites (tertiary alicyclic amines) is 1. The average molecular weight is 260 g/mol. The first kappa shape index (κ1) is 12.5. The Labute approximate surface area is 113 Å². The van der Waals surface area contributed by atoms with E-state index >= 15 is 0 Å². The lowest BCUT2D eigenvalue weighted by atomic mass is 10.1. The van der Waals surface area contributed by atoms with E-state index in [0.717, 1.165) is 44.5 Å². The number of rotatable bonds is 3. The Morgan fingerprint density at radius 1 is 1.37 bits per heavy atom. The normalized spacial score (nSPS) is 21.5. The molecule has 1 aromatic carbocycles. The quantitative estimate of drug-likeness (QED) is 0.898. The molecule has 1 aliphatic heterocycles. The highest BCUT2D eigenvalue weighted by Crippen LogP contribution is 2.35. The van der Waals surface area contributed by atoms with Gasteiger partial charge >= 0.3 is 0 Å². The minimum Gasteiger partial charge on any atom is -0.483 e. The lowest BCUT2D eigenvalue weighted by Gasteiger charge is -2.16. The molecule has 1 atom stereocenters. The third-order valence-electron chi connectivity index (χ3n) is 4.08. The Kier molecular flexibility index (Phi) is 3.42. The van der Waals surface area contributed by atoms with Crippen LogP contribution in [-0.4, -0.2) is 30.5 Å². The van der Waals surface area contributed by atoms with Crippen molar-refractivity contribution in [3.8, 4) is 5.75 Å². The molecular formula is C15H20N2O2. The molecule has 0 spiro atoms. The van der Waals surface area contributed by atoms with E-state index in [1.807, 2.05) is 17.0 Å². The maximum Gasteiger partial charge on any atom is 0.260 e. The lowest BCUT2D eigenvalue weighted by Crippen LogP contribution is -2.32. The molecule has 2 aliphatic rings. The molecule has 0 bridgehead atoms. The molecule has 4 heteroatoms. The Balaban J connectivity index is 1.66. The minimum absolute atomic E-state index is 0.0948. The number of hydrogen-bond donors (Lipinski definition) is 1. The molecular weight excluding hydrogens is 240 g/mol. The SMILES string of the molecule is NC1CCc2c(OCC(=O)N3CCCC3)cccc21. The van der Waals surface area contributed by atoms with Crippen molar-refractivity contribution in [1.29, 1.82) is 0 Å². The Morgan fingerprint density at radius 3 is 2.95 bits per heavy atom. The van der Waals surface area contributed by atoms with Crippen LogP contribution in [0.3, 0.4) is 0 Å². The summed E-state index contributed by atoms with van der Waals surface area (Å²) in [4.78, 5) is 13.8. The molecule has 1 heterocycles. The molecule has 2 N–H and O–H groups in total. The first-order valence-corrected chi connectivity index (χ1v) is 7.03. The Morgan fingerprint density at radius 2 is 2.16 bits per heavy atom. The van der Waals surface area contributed by atoms with Crippen LogP contribution in [-0.2, 0) is 11.2 Å². The van der Waals surface area contributed by atoms with Crippen LogP contribution < -0.4 is 10.5 Å². The molecule has 0 radical (unpaired) electrons. The van der Waals surface area contributed by atoms with Crippen LogP contribution in [0.1, 0.15) is 36.4 Å². The second-order valence-electron chi connectivity index (χ2n) is 5.35. The number of nitrogens with zero attached hydrogens (tertiary/aromatic N) is 1. The van der Waals surface area contributed by atoms with Crippen molar-refractivity contribution in [2.45, 2.75) is 31.7 Å². The van der Waals surface area contributed by atoms with Crippen LogP contribution in [0.4, 0.5) is 0 Å². The van der Waals surface area contributed by atoms with E-state index in [4.69, 9.17) is 10.5 Å². The van der Waals surface area contributed by atoms with Crippen molar-refractivity contribution in [3.63, 3.8) is 0 Å². The van der Waals surface area contributed by atoms with E-state index in [-0.39, 0.29) is 18.6 Å². The fraction of sp³-hybridized carbons (Fsp3) is 0.533. The summed E-state index contributed by atoms with van der Waals surface area (Å²) in [7, 11) is 0. The highest BCUT2D eigenvalue weighted by molar-refractivity contribution is 5.78. The minimum atomic E-state index is 0.0948. The molecule has 102 valence electrons. The summed E-state index contributed by atoms with van der Waals surface area (Å²) < 4.78 is 5.72. The largest absolute Gasteiger partial charge is 0.483 e. The number of benzene rings is 1. The van der Waals surface area contributed by atoms with Gasteiger partial charge in [0.15, 0.2) is 6.61 Å². The van der Waals surface area contributed by atoms with Gasteiger partial charge in [0.05, 0.1) is 0 Å². The zero-order valence-electron chi connectivity index (χ0n) is 11.1. The third kappa shape index (κ3) is 2.45. The predicted octanol–water partition coefficient (Wildman–Crippen LogP) is 1.63. The molecule has 4 nitrogen and oxygen atoms in total. The van der Waals surface area contributed by atoms with Crippen molar-refractivity contribution in [2.24, 2.45) is 5.73 Å². The van der Waals surface area contributed by atoms with Gasteiger partial charge in [-0.2, -0.15) is 0 Å². The topological polar surface area (TPSA) is 55.6 Å². The molecule has 1 saturated heterocycles. The van der Waals surface area contributed by atoms with E-state index < -0.39 is 0 Å². The summed E-state index contributed by atoms with van der Waals surface area (Å²) in [5.41, 5.74) is 8.40. The van der Waals surface area contributed by atoms with Gasteiger partial charge in [0.2, 0.25) is 0 Å². The van der Waals surface area contributed by atoms with Crippen molar-refractivity contribution in [1.82, 2.24) is 4.90 Å². The average Bonchev–Trinajstić information content (AvgIpc) is 3.07. The standard InChI is InChI=1S/C15H20N2O2/c16-13-7-6-12-11(13)4-3-5-14(12)19-10-15(18)17-8-1-2-9-17/h3-5,13H,1-2,6-10,16H2. The van der Waals surface area contributed by atoms with E-state index in [2.05, 4.69) is 6.07 Å². The van der Waals surface area contributed by atoms with Crippen molar-refractivity contribution in [2.75, 3.05) is 19.7 Å². The number of ether oxygens (including phenoxy) is 1. The van der Waals surface area contributed by atoms with Crippen LogP contribution in [0.5, 0.6) is 5.75 Å². The van der Waals surface area contributed by atoms with Gasteiger partial charge in [-0.05, 0) is 42.9 Å². The number of carbonyl (C=O) groups is 1. The van der Waals surface area contributed by atoms with Crippen LogP contribution in [0.15, 0.2) is 18.2 Å². The summed E-state index contributed by atoms with van der Waals surface area (Å²) in [6.45, 7) is 1.89.